The number of rotatable bonds is 7. The number of hydrogen-bond donors (Lipinski definition) is 0. The Bertz CT molecular complexity index is 830. The first-order chi connectivity index (χ1) is 12.2. The van der Waals surface area contributed by atoms with E-state index in [-0.39, 0.29) is 5.91 Å². The normalized spacial score (nSPS) is 10.8. The summed E-state index contributed by atoms with van der Waals surface area (Å²) in [5.41, 5.74) is 0.499. The molecule has 0 atom stereocenters. The zero-order chi connectivity index (χ0) is 17.6. The molecule has 0 saturated heterocycles. The summed E-state index contributed by atoms with van der Waals surface area (Å²) >= 11 is 6.14. The maximum absolute atomic E-state index is 12.7. The molecule has 1 amide bonds. The van der Waals surface area contributed by atoms with E-state index in [9.17, 15) is 4.79 Å². The maximum Gasteiger partial charge on any atom is 0.255 e. The van der Waals surface area contributed by atoms with Crippen molar-refractivity contribution in [1.82, 2.24) is 15.0 Å². The zero-order valence-electron chi connectivity index (χ0n) is 13.8. The van der Waals surface area contributed by atoms with Crippen LogP contribution in [-0.4, -0.2) is 34.0 Å². The van der Waals surface area contributed by atoms with Crippen LogP contribution in [0.1, 0.15) is 29.6 Å². The van der Waals surface area contributed by atoms with Crippen LogP contribution in [0.3, 0.4) is 0 Å². The maximum atomic E-state index is 12.7. The van der Waals surface area contributed by atoms with Crippen molar-refractivity contribution in [2.75, 3.05) is 13.1 Å². The van der Waals surface area contributed by atoms with Crippen LogP contribution in [-0.2, 0) is 6.42 Å². The summed E-state index contributed by atoms with van der Waals surface area (Å²) in [6.07, 6.45) is 2.86. The van der Waals surface area contributed by atoms with Crippen molar-refractivity contribution in [3.8, 4) is 11.6 Å². The summed E-state index contributed by atoms with van der Waals surface area (Å²) in [7, 11) is 0. The van der Waals surface area contributed by atoms with Gasteiger partial charge in [-0.05, 0) is 30.7 Å². The molecule has 2 heterocycles. The molecule has 6 nitrogen and oxygen atoms in total. The molecular weight excluding hydrogens is 342 g/mol. The monoisotopic (exact) mass is 359 g/mol. The van der Waals surface area contributed by atoms with Gasteiger partial charge in [-0.2, -0.15) is 4.98 Å². The van der Waals surface area contributed by atoms with Gasteiger partial charge in [-0.3, -0.25) is 4.79 Å². The highest BCUT2D eigenvalue weighted by Gasteiger charge is 2.19. The number of nitrogens with zero attached hydrogens (tertiary/aromatic N) is 3. The van der Waals surface area contributed by atoms with Crippen molar-refractivity contribution in [2.24, 2.45) is 0 Å². The Hall–Kier alpha value is -2.60. The number of halogens is 1. The standard InChI is InChI=1S/C18H18ClN3O3/c1-2-10-22(18(23)13-6-3-4-7-14(13)19)11-9-16-20-17(21-25-16)15-8-5-12-24-15/h3-8,12H,2,9-11H2,1H3. The summed E-state index contributed by atoms with van der Waals surface area (Å²) in [6, 6.07) is 10.6. The molecule has 0 unspecified atom stereocenters. The van der Waals surface area contributed by atoms with Gasteiger partial charge in [-0.1, -0.05) is 35.8 Å². The molecule has 0 bridgehead atoms. The Morgan fingerprint density at radius 2 is 2.04 bits per heavy atom. The largest absolute Gasteiger partial charge is 0.461 e. The minimum absolute atomic E-state index is 0.0989. The molecule has 3 aromatic rings. The molecule has 0 N–H and O–H groups in total. The third-order valence-corrected chi connectivity index (χ3v) is 4.02. The van der Waals surface area contributed by atoms with Crippen LogP contribution in [0.15, 0.2) is 51.6 Å². The van der Waals surface area contributed by atoms with Gasteiger partial charge in [0.25, 0.3) is 5.91 Å². The minimum atomic E-state index is -0.0989. The van der Waals surface area contributed by atoms with Crippen molar-refractivity contribution < 1.29 is 13.7 Å². The predicted octanol–water partition coefficient (Wildman–Crippen LogP) is 4.08. The first-order valence-electron chi connectivity index (χ1n) is 8.09. The van der Waals surface area contributed by atoms with Crippen LogP contribution in [0.4, 0.5) is 0 Å². The molecule has 2 aromatic heterocycles. The molecule has 3 rings (SSSR count). The number of aromatic nitrogens is 2. The number of hydrogen-bond acceptors (Lipinski definition) is 5. The number of benzene rings is 1. The lowest BCUT2D eigenvalue weighted by atomic mass is 10.2. The molecule has 0 aliphatic carbocycles. The fraction of sp³-hybridized carbons (Fsp3) is 0.278. The second-order valence-corrected chi connectivity index (χ2v) is 5.92. The lowest BCUT2D eigenvalue weighted by Gasteiger charge is -2.22. The average molecular weight is 360 g/mol. The van der Waals surface area contributed by atoms with Gasteiger partial charge in [-0.15, -0.1) is 0 Å². The second-order valence-electron chi connectivity index (χ2n) is 5.51. The van der Waals surface area contributed by atoms with Crippen LogP contribution in [0.2, 0.25) is 5.02 Å². The van der Waals surface area contributed by atoms with Crippen LogP contribution in [0.25, 0.3) is 11.6 Å². The fourth-order valence-electron chi connectivity index (χ4n) is 2.48. The van der Waals surface area contributed by atoms with Crippen molar-refractivity contribution in [1.29, 1.82) is 0 Å². The molecule has 7 heteroatoms. The van der Waals surface area contributed by atoms with Crippen LogP contribution >= 0.6 is 11.6 Å². The first-order valence-corrected chi connectivity index (χ1v) is 8.47. The van der Waals surface area contributed by atoms with Gasteiger partial charge in [0.05, 0.1) is 16.8 Å². The highest BCUT2D eigenvalue weighted by atomic mass is 35.5. The van der Waals surface area contributed by atoms with Crippen molar-refractivity contribution >= 4 is 17.5 Å². The SMILES string of the molecule is CCCN(CCc1nc(-c2ccco2)no1)C(=O)c1ccccc1Cl. The van der Waals surface area contributed by atoms with Crippen LogP contribution in [0, 0.1) is 0 Å². The Morgan fingerprint density at radius 1 is 1.20 bits per heavy atom. The van der Waals surface area contributed by atoms with E-state index in [1.807, 2.05) is 6.92 Å². The topological polar surface area (TPSA) is 72.4 Å². The van der Waals surface area contributed by atoms with Crippen molar-refractivity contribution in [3.63, 3.8) is 0 Å². The molecule has 0 radical (unpaired) electrons. The molecule has 1 aromatic carbocycles. The van der Waals surface area contributed by atoms with E-state index in [4.69, 9.17) is 20.5 Å². The van der Waals surface area contributed by atoms with Gasteiger partial charge in [0.1, 0.15) is 0 Å². The molecule has 25 heavy (non-hydrogen) atoms. The molecule has 0 saturated carbocycles. The number of furan rings is 1. The van der Waals surface area contributed by atoms with E-state index in [0.29, 0.717) is 47.6 Å². The number of carbonyl (C=O) groups is 1. The number of amides is 1. The van der Waals surface area contributed by atoms with E-state index in [1.165, 1.54) is 0 Å². The molecule has 0 spiro atoms. The van der Waals surface area contributed by atoms with Gasteiger partial charge >= 0.3 is 0 Å². The molecule has 0 aliphatic heterocycles. The van der Waals surface area contributed by atoms with Crippen molar-refractivity contribution in [3.05, 3.63) is 59.1 Å². The summed E-state index contributed by atoms with van der Waals surface area (Å²) in [5, 5.41) is 4.35. The van der Waals surface area contributed by atoms with E-state index in [0.717, 1.165) is 6.42 Å². The molecule has 0 fully saturated rings. The quantitative estimate of drug-likeness (QED) is 0.635. The van der Waals surface area contributed by atoms with E-state index in [1.54, 1.807) is 47.6 Å². The Kier molecular flexibility index (Phi) is 5.50. The predicted molar refractivity (Wildman–Crippen MR) is 93.4 cm³/mol. The number of carbonyl (C=O) groups excluding carboxylic acids is 1. The highest BCUT2D eigenvalue weighted by molar-refractivity contribution is 6.33. The highest BCUT2D eigenvalue weighted by Crippen LogP contribution is 2.19. The molecular formula is C18H18ClN3O3. The third-order valence-electron chi connectivity index (χ3n) is 3.69. The Labute approximate surface area is 150 Å². The Morgan fingerprint density at radius 3 is 2.76 bits per heavy atom. The summed E-state index contributed by atoms with van der Waals surface area (Å²) in [4.78, 5) is 18.8. The van der Waals surface area contributed by atoms with Crippen LogP contribution in [0.5, 0.6) is 0 Å². The summed E-state index contributed by atoms with van der Waals surface area (Å²) in [6.45, 7) is 3.12. The Balaban J connectivity index is 1.68. The lowest BCUT2D eigenvalue weighted by molar-refractivity contribution is 0.0754. The summed E-state index contributed by atoms with van der Waals surface area (Å²) < 4.78 is 10.5. The molecule has 0 aliphatic rings. The minimum Gasteiger partial charge on any atom is -0.461 e. The summed E-state index contributed by atoms with van der Waals surface area (Å²) in [5.74, 6) is 1.31. The van der Waals surface area contributed by atoms with Gasteiger partial charge in [0, 0.05) is 19.5 Å². The second kappa shape index (κ2) is 7.98. The van der Waals surface area contributed by atoms with Crippen molar-refractivity contribution in [2.45, 2.75) is 19.8 Å². The first kappa shape index (κ1) is 17.2. The van der Waals surface area contributed by atoms with Gasteiger partial charge in [0.2, 0.25) is 11.7 Å². The van der Waals surface area contributed by atoms with E-state index >= 15 is 0 Å². The third kappa shape index (κ3) is 4.09. The lowest BCUT2D eigenvalue weighted by Crippen LogP contribution is -2.33. The van der Waals surface area contributed by atoms with E-state index in [2.05, 4.69) is 10.1 Å². The average Bonchev–Trinajstić information content (AvgIpc) is 3.29. The van der Waals surface area contributed by atoms with E-state index < -0.39 is 0 Å². The van der Waals surface area contributed by atoms with Crippen LogP contribution < -0.4 is 0 Å². The van der Waals surface area contributed by atoms with Gasteiger partial charge in [-0.25, -0.2) is 0 Å². The zero-order valence-corrected chi connectivity index (χ0v) is 14.6. The van der Waals surface area contributed by atoms with Gasteiger partial charge in [0.15, 0.2) is 5.76 Å². The smallest absolute Gasteiger partial charge is 0.255 e. The molecule has 130 valence electrons. The van der Waals surface area contributed by atoms with Gasteiger partial charge < -0.3 is 13.8 Å². The fourth-order valence-corrected chi connectivity index (χ4v) is 2.70.